The van der Waals surface area contributed by atoms with E-state index in [2.05, 4.69) is 15.7 Å². The second-order valence-corrected chi connectivity index (χ2v) is 6.79. The number of hydrogen-bond donors (Lipinski definition) is 2. The fourth-order valence-electron chi connectivity index (χ4n) is 3.16. The fourth-order valence-corrected chi connectivity index (χ4v) is 3.34. The molecule has 0 radical (unpaired) electrons. The molecule has 1 atom stereocenters. The van der Waals surface area contributed by atoms with Crippen LogP contribution in [-0.2, 0) is 9.59 Å². The van der Waals surface area contributed by atoms with E-state index in [0.717, 1.165) is 16.7 Å². The molecule has 1 aliphatic rings. The second kappa shape index (κ2) is 6.89. The minimum atomic E-state index is -0.683. The van der Waals surface area contributed by atoms with Gasteiger partial charge in [-0.2, -0.15) is 5.10 Å². The number of nitrogens with zero attached hydrogens (tertiary/aromatic N) is 2. The lowest BCUT2D eigenvalue weighted by atomic mass is 10.1. The number of rotatable bonds is 4. The van der Waals surface area contributed by atoms with Gasteiger partial charge in [-0.25, -0.2) is 4.68 Å². The van der Waals surface area contributed by atoms with Crippen molar-refractivity contribution in [1.82, 2.24) is 9.78 Å². The van der Waals surface area contributed by atoms with Crippen molar-refractivity contribution < 1.29 is 9.59 Å². The van der Waals surface area contributed by atoms with E-state index in [9.17, 15) is 9.59 Å². The molecule has 2 amide bonds. The first-order valence-corrected chi connectivity index (χ1v) is 8.91. The first kappa shape index (κ1) is 17.3. The lowest BCUT2D eigenvalue weighted by molar-refractivity contribution is -0.123. The van der Waals surface area contributed by atoms with Gasteiger partial charge >= 0.3 is 0 Å². The van der Waals surface area contributed by atoms with Gasteiger partial charge in [0.05, 0.1) is 12.6 Å². The van der Waals surface area contributed by atoms with Gasteiger partial charge < -0.3 is 10.6 Å². The Morgan fingerprint density at radius 1 is 1.22 bits per heavy atom. The van der Waals surface area contributed by atoms with Crippen molar-refractivity contribution in [2.75, 3.05) is 10.6 Å². The summed E-state index contributed by atoms with van der Waals surface area (Å²) < 4.78 is 1.58. The minimum absolute atomic E-state index is 0.0132. The largest absolute Gasteiger partial charge is 0.326 e. The molecule has 0 saturated carbocycles. The zero-order valence-electron chi connectivity index (χ0n) is 14.6. The molecule has 136 valence electrons. The maximum absolute atomic E-state index is 12.5. The van der Waals surface area contributed by atoms with Crippen LogP contribution in [0.3, 0.4) is 0 Å². The van der Waals surface area contributed by atoms with Crippen molar-refractivity contribution in [3.63, 3.8) is 0 Å². The van der Waals surface area contributed by atoms with E-state index in [4.69, 9.17) is 11.6 Å². The molecular weight excluding hydrogens is 364 g/mol. The Hall–Kier alpha value is -3.12. The van der Waals surface area contributed by atoms with Crippen LogP contribution in [0.5, 0.6) is 0 Å². The Morgan fingerprint density at radius 2 is 2.00 bits per heavy atom. The highest BCUT2D eigenvalue weighted by Crippen LogP contribution is 2.35. The van der Waals surface area contributed by atoms with Crippen LogP contribution < -0.4 is 10.6 Å². The molecule has 2 N–H and O–H groups in total. The third kappa shape index (κ3) is 3.19. The average Bonchev–Trinajstić information content (AvgIpc) is 3.19. The quantitative estimate of drug-likeness (QED) is 0.717. The Balaban J connectivity index is 1.55. The van der Waals surface area contributed by atoms with Crippen molar-refractivity contribution in [3.8, 4) is 11.1 Å². The summed E-state index contributed by atoms with van der Waals surface area (Å²) in [5, 5.41) is 10.6. The standard InChI is InChI=1S/C20H17ClN4O2/c1-12-15(21)8-5-9-16(12)23-18(26)10-17-20(27)24-19-14(11-22-25(17)19)13-6-3-2-4-7-13/h2-9,11,17H,10H2,1H3,(H,23,26)(H,24,27). The maximum atomic E-state index is 12.5. The van der Waals surface area contributed by atoms with Gasteiger partial charge in [-0.05, 0) is 30.2 Å². The molecule has 0 fully saturated rings. The predicted molar refractivity (Wildman–Crippen MR) is 105 cm³/mol. The molecule has 4 rings (SSSR count). The van der Waals surface area contributed by atoms with Gasteiger partial charge in [-0.3, -0.25) is 9.59 Å². The lowest BCUT2D eigenvalue weighted by Crippen LogP contribution is -2.23. The molecule has 0 saturated heterocycles. The molecule has 2 heterocycles. The van der Waals surface area contributed by atoms with E-state index < -0.39 is 6.04 Å². The molecule has 0 spiro atoms. The van der Waals surface area contributed by atoms with E-state index in [-0.39, 0.29) is 18.2 Å². The highest BCUT2D eigenvalue weighted by Gasteiger charge is 2.35. The highest BCUT2D eigenvalue weighted by molar-refractivity contribution is 6.31. The Labute approximate surface area is 161 Å². The number of hydrogen-bond acceptors (Lipinski definition) is 3. The van der Waals surface area contributed by atoms with Crippen LogP contribution in [0.15, 0.2) is 54.7 Å². The molecule has 3 aromatic rings. The maximum Gasteiger partial charge on any atom is 0.251 e. The summed E-state index contributed by atoms with van der Waals surface area (Å²) >= 11 is 6.09. The number of nitrogens with one attached hydrogen (secondary N) is 2. The molecule has 1 unspecified atom stereocenters. The number of benzene rings is 2. The Morgan fingerprint density at radius 3 is 2.78 bits per heavy atom. The van der Waals surface area contributed by atoms with Crippen LogP contribution >= 0.6 is 11.6 Å². The van der Waals surface area contributed by atoms with Crippen LogP contribution in [0.4, 0.5) is 11.5 Å². The molecule has 0 aliphatic carbocycles. The van der Waals surface area contributed by atoms with Crippen molar-refractivity contribution in [2.24, 2.45) is 0 Å². The zero-order valence-corrected chi connectivity index (χ0v) is 15.3. The van der Waals surface area contributed by atoms with Crippen LogP contribution in [0.25, 0.3) is 11.1 Å². The van der Waals surface area contributed by atoms with Crippen LogP contribution in [0, 0.1) is 6.92 Å². The average molecular weight is 381 g/mol. The molecule has 6 nitrogen and oxygen atoms in total. The monoisotopic (exact) mass is 380 g/mol. The number of fused-ring (bicyclic) bond motifs is 1. The number of anilines is 2. The summed E-state index contributed by atoms with van der Waals surface area (Å²) in [5.74, 6) is 0.0984. The van der Waals surface area contributed by atoms with Crippen LogP contribution in [0.1, 0.15) is 18.0 Å². The summed E-state index contributed by atoms with van der Waals surface area (Å²) in [4.78, 5) is 24.9. The first-order valence-electron chi connectivity index (χ1n) is 8.53. The van der Waals surface area contributed by atoms with Gasteiger partial charge in [0.1, 0.15) is 11.9 Å². The molecule has 2 aromatic carbocycles. The highest BCUT2D eigenvalue weighted by atomic mass is 35.5. The van der Waals surface area contributed by atoms with Crippen molar-refractivity contribution in [2.45, 2.75) is 19.4 Å². The third-order valence-electron chi connectivity index (χ3n) is 4.64. The summed E-state index contributed by atoms with van der Waals surface area (Å²) in [7, 11) is 0. The molecule has 7 heteroatoms. The summed E-state index contributed by atoms with van der Waals surface area (Å²) in [5.41, 5.74) is 3.21. The van der Waals surface area contributed by atoms with Crippen molar-refractivity contribution in [1.29, 1.82) is 0 Å². The third-order valence-corrected chi connectivity index (χ3v) is 5.05. The van der Waals surface area contributed by atoms with E-state index in [1.54, 1.807) is 29.1 Å². The van der Waals surface area contributed by atoms with E-state index in [1.807, 2.05) is 37.3 Å². The van der Waals surface area contributed by atoms with Crippen LogP contribution in [-0.4, -0.2) is 21.6 Å². The molecule has 27 heavy (non-hydrogen) atoms. The van der Waals surface area contributed by atoms with E-state index in [1.165, 1.54) is 0 Å². The number of amides is 2. The molecular formula is C20H17ClN4O2. The second-order valence-electron chi connectivity index (χ2n) is 6.39. The van der Waals surface area contributed by atoms with Crippen molar-refractivity contribution >= 4 is 34.9 Å². The number of halogens is 1. The molecule has 1 aromatic heterocycles. The predicted octanol–water partition coefficient (Wildman–Crippen LogP) is 4.03. The minimum Gasteiger partial charge on any atom is -0.326 e. The Bertz CT molecular complexity index is 1030. The Kier molecular flexibility index (Phi) is 4.41. The van der Waals surface area contributed by atoms with Gasteiger partial charge in [-0.1, -0.05) is 48.0 Å². The topological polar surface area (TPSA) is 76.0 Å². The summed E-state index contributed by atoms with van der Waals surface area (Å²) in [6, 6.07) is 14.3. The van der Waals surface area contributed by atoms with Gasteiger partial charge in [0.2, 0.25) is 5.91 Å². The normalized spacial score (nSPS) is 15.3. The van der Waals surface area contributed by atoms with Gasteiger partial charge in [-0.15, -0.1) is 0 Å². The lowest BCUT2D eigenvalue weighted by Gasteiger charge is -2.12. The first-order chi connectivity index (χ1) is 13.0. The van der Waals surface area contributed by atoms with Crippen molar-refractivity contribution in [3.05, 3.63) is 65.3 Å². The number of carbonyl (C=O) groups is 2. The van der Waals surface area contributed by atoms with E-state index in [0.29, 0.717) is 16.5 Å². The fraction of sp³-hybridized carbons (Fsp3) is 0.150. The van der Waals surface area contributed by atoms with E-state index >= 15 is 0 Å². The van der Waals surface area contributed by atoms with Gasteiger partial charge in [0.25, 0.3) is 5.91 Å². The van der Waals surface area contributed by atoms with Gasteiger partial charge in [0.15, 0.2) is 0 Å². The zero-order chi connectivity index (χ0) is 19.0. The molecule has 0 bridgehead atoms. The van der Waals surface area contributed by atoms with Crippen LogP contribution in [0.2, 0.25) is 5.02 Å². The molecule has 1 aliphatic heterocycles. The summed E-state index contributed by atoms with van der Waals surface area (Å²) in [6.45, 7) is 1.83. The smallest absolute Gasteiger partial charge is 0.251 e. The SMILES string of the molecule is Cc1c(Cl)cccc1NC(=O)CC1C(=O)Nc2c(-c3ccccc3)cnn21. The summed E-state index contributed by atoms with van der Waals surface area (Å²) in [6.07, 6.45) is 1.69. The number of carbonyl (C=O) groups excluding carboxylic acids is 2. The number of aromatic nitrogens is 2. The van der Waals surface area contributed by atoms with Gasteiger partial charge in [0, 0.05) is 16.3 Å².